The first-order valence-electron chi connectivity index (χ1n) is 6.08. The van der Waals surface area contributed by atoms with Crippen molar-refractivity contribution in [1.29, 1.82) is 0 Å². The van der Waals surface area contributed by atoms with Crippen molar-refractivity contribution in [2.75, 3.05) is 12.8 Å². The molecule has 0 spiro atoms. The highest BCUT2D eigenvalue weighted by molar-refractivity contribution is 9.10. The van der Waals surface area contributed by atoms with Gasteiger partial charge in [0.1, 0.15) is 5.75 Å². The number of aryl methyl sites for hydroxylation is 1. The Morgan fingerprint density at radius 2 is 2.00 bits per heavy atom. The summed E-state index contributed by atoms with van der Waals surface area (Å²) in [5.41, 5.74) is 8.37. The summed E-state index contributed by atoms with van der Waals surface area (Å²) >= 11 is 3.44. The Labute approximate surface area is 129 Å². The molecule has 2 rings (SSSR count). The second-order valence-electron chi connectivity index (χ2n) is 4.48. The Morgan fingerprint density at radius 1 is 1.25 bits per heavy atom. The molecule has 3 nitrogen and oxygen atoms in total. The van der Waals surface area contributed by atoms with Gasteiger partial charge in [0.15, 0.2) is 0 Å². The van der Waals surface area contributed by atoms with E-state index in [1.165, 1.54) is 0 Å². The van der Waals surface area contributed by atoms with Gasteiger partial charge in [-0.3, -0.25) is 4.21 Å². The molecule has 2 aromatic carbocycles. The van der Waals surface area contributed by atoms with Crippen molar-refractivity contribution in [2.45, 2.75) is 17.6 Å². The summed E-state index contributed by atoms with van der Waals surface area (Å²) in [6.07, 6.45) is 0. The zero-order valence-corrected chi connectivity index (χ0v) is 13.8. The van der Waals surface area contributed by atoms with Gasteiger partial charge in [-0.05, 0) is 58.2 Å². The molecular weight excluding hydrogens is 338 g/mol. The van der Waals surface area contributed by atoms with Crippen molar-refractivity contribution in [2.24, 2.45) is 0 Å². The van der Waals surface area contributed by atoms with E-state index in [-0.39, 0.29) is 0 Å². The highest BCUT2D eigenvalue weighted by Gasteiger charge is 2.10. The smallest absolute Gasteiger partial charge is 0.133 e. The fourth-order valence-electron chi connectivity index (χ4n) is 1.89. The Balaban J connectivity index is 2.23. The predicted octanol–water partition coefficient (Wildman–Crippen LogP) is 3.66. The minimum Gasteiger partial charge on any atom is -0.496 e. The third-order valence-electron chi connectivity index (χ3n) is 2.97. The Morgan fingerprint density at radius 3 is 2.65 bits per heavy atom. The number of halogens is 1. The van der Waals surface area contributed by atoms with E-state index in [4.69, 9.17) is 10.5 Å². The third kappa shape index (κ3) is 3.41. The lowest BCUT2D eigenvalue weighted by Gasteiger charge is -2.09. The van der Waals surface area contributed by atoms with Crippen LogP contribution in [0.5, 0.6) is 5.75 Å². The van der Waals surface area contributed by atoms with Crippen LogP contribution in [-0.4, -0.2) is 11.3 Å². The largest absolute Gasteiger partial charge is 0.496 e. The molecule has 0 heterocycles. The van der Waals surface area contributed by atoms with Crippen molar-refractivity contribution >= 4 is 32.4 Å². The fourth-order valence-corrected chi connectivity index (χ4v) is 3.81. The molecule has 0 bridgehead atoms. The summed E-state index contributed by atoms with van der Waals surface area (Å²) in [6.45, 7) is 1.94. The molecule has 0 radical (unpaired) electrons. The lowest BCUT2D eigenvalue weighted by atomic mass is 10.2. The maximum Gasteiger partial charge on any atom is 0.133 e. The second kappa shape index (κ2) is 6.41. The van der Waals surface area contributed by atoms with E-state index in [2.05, 4.69) is 15.9 Å². The van der Waals surface area contributed by atoms with E-state index in [9.17, 15) is 4.21 Å². The summed E-state index contributed by atoms with van der Waals surface area (Å²) in [5, 5.41) is 0. The van der Waals surface area contributed by atoms with Crippen LogP contribution in [0.1, 0.15) is 11.1 Å². The summed E-state index contributed by atoms with van der Waals surface area (Å²) in [5.74, 6) is 1.21. The Hall–Kier alpha value is -1.33. The SMILES string of the molecule is COc1ccc(CS(=O)c2cc(N)ccc2C)cc1Br. The van der Waals surface area contributed by atoms with Crippen LogP contribution in [0.25, 0.3) is 0 Å². The molecule has 1 unspecified atom stereocenters. The first kappa shape index (κ1) is 15.1. The quantitative estimate of drug-likeness (QED) is 0.853. The van der Waals surface area contributed by atoms with Crippen LogP contribution in [0.4, 0.5) is 5.69 Å². The van der Waals surface area contributed by atoms with Gasteiger partial charge < -0.3 is 10.5 Å². The molecule has 0 saturated heterocycles. The molecule has 20 heavy (non-hydrogen) atoms. The molecule has 0 aliphatic rings. The zero-order chi connectivity index (χ0) is 14.7. The number of benzene rings is 2. The van der Waals surface area contributed by atoms with Crippen LogP contribution in [-0.2, 0) is 16.6 Å². The van der Waals surface area contributed by atoms with E-state index in [1.807, 2.05) is 37.3 Å². The number of rotatable bonds is 4. The molecule has 106 valence electrons. The van der Waals surface area contributed by atoms with Gasteiger partial charge in [0.25, 0.3) is 0 Å². The second-order valence-corrected chi connectivity index (χ2v) is 6.76. The number of hydrogen-bond donors (Lipinski definition) is 1. The van der Waals surface area contributed by atoms with Crippen molar-refractivity contribution < 1.29 is 8.95 Å². The van der Waals surface area contributed by atoms with Gasteiger partial charge >= 0.3 is 0 Å². The van der Waals surface area contributed by atoms with Gasteiger partial charge in [0.05, 0.1) is 28.1 Å². The van der Waals surface area contributed by atoms with Crippen LogP contribution in [0.3, 0.4) is 0 Å². The summed E-state index contributed by atoms with van der Waals surface area (Å²) in [4.78, 5) is 0.789. The van der Waals surface area contributed by atoms with Crippen LogP contribution < -0.4 is 10.5 Å². The highest BCUT2D eigenvalue weighted by atomic mass is 79.9. The van der Waals surface area contributed by atoms with Gasteiger partial charge in [-0.25, -0.2) is 0 Å². The number of nitrogens with two attached hydrogens (primary N) is 1. The number of hydrogen-bond acceptors (Lipinski definition) is 3. The van der Waals surface area contributed by atoms with E-state index >= 15 is 0 Å². The summed E-state index contributed by atoms with van der Waals surface area (Å²) in [7, 11) is 0.504. The Kier molecular flexibility index (Phi) is 4.83. The topological polar surface area (TPSA) is 52.3 Å². The number of anilines is 1. The van der Waals surface area contributed by atoms with E-state index < -0.39 is 10.8 Å². The lowest BCUT2D eigenvalue weighted by Crippen LogP contribution is -2.00. The molecule has 0 aromatic heterocycles. The molecule has 1 atom stereocenters. The van der Waals surface area contributed by atoms with Gasteiger partial charge in [-0.15, -0.1) is 0 Å². The monoisotopic (exact) mass is 353 g/mol. The molecule has 2 N–H and O–H groups in total. The number of ether oxygens (including phenoxy) is 1. The number of nitrogen functional groups attached to an aromatic ring is 1. The number of methoxy groups -OCH3 is 1. The summed E-state index contributed by atoms with van der Waals surface area (Å²) in [6, 6.07) is 11.2. The maximum absolute atomic E-state index is 12.5. The van der Waals surface area contributed by atoms with Gasteiger partial charge in [0.2, 0.25) is 0 Å². The highest BCUT2D eigenvalue weighted by Crippen LogP contribution is 2.27. The molecule has 0 aliphatic heterocycles. The van der Waals surface area contributed by atoms with E-state index in [0.717, 1.165) is 26.2 Å². The molecule has 0 fully saturated rings. The molecule has 5 heteroatoms. The average molecular weight is 354 g/mol. The van der Waals surface area contributed by atoms with Crippen molar-refractivity contribution in [3.05, 3.63) is 52.0 Å². The van der Waals surface area contributed by atoms with Crippen molar-refractivity contribution in [3.8, 4) is 5.75 Å². The predicted molar refractivity (Wildman–Crippen MR) is 86.4 cm³/mol. The van der Waals surface area contributed by atoms with Gasteiger partial charge in [-0.1, -0.05) is 12.1 Å². The minimum absolute atomic E-state index is 0.451. The molecule has 2 aromatic rings. The molecule has 0 amide bonds. The summed E-state index contributed by atoms with van der Waals surface area (Å²) < 4.78 is 18.5. The van der Waals surface area contributed by atoms with E-state index in [0.29, 0.717) is 11.4 Å². The normalized spacial score (nSPS) is 12.2. The van der Waals surface area contributed by atoms with Crippen LogP contribution in [0.2, 0.25) is 0 Å². The van der Waals surface area contributed by atoms with Gasteiger partial charge in [0, 0.05) is 10.6 Å². The maximum atomic E-state index is 12.5. The molecule has 0 aliphatic carbocycles. The standard InChI is InChI=1S/C15H16BrNO2S/c1-10-3-5-12(17)8-15(10)20(18)9-11-4-6-14(19-2)13(16)7-11/h3-8H,9,17H2,1-2H3. The van der Waals surface area contributed by atoms with E-state index in [1.54, 1.807) is 13.2 Å². The van der Waals surface area contributed by atoms with Crippen LogP contribution in [0, 0.1) is 6.92 Å². The molecule has 0 saturated carbocycles. The van der Waals surface area contributed by atoms with Crippen molar-refractivity contribution in [1.82, 2.24) is 0 Å². The van der Waals surface area contributed by atoms with Crippen LogP contribution in [0.15, 0.2) is 45.8 Å². The third-order valence-corrected chi connectivity index (χ3v) is 5.12. The fraction of sp³-hybridized carbons (Fsp3) is 0.200. The van der Waals surface area contributed by atoms with Crippen LogP contribution >= 0.6 is 15.9 Å². The van der Waals surface area contributed by atoms with Gasteiger partial charge in [-0.2, -0.15) is 0 Å². The van der Waals surface area contributed by atoms with Crippen molar-refractivity contribution in [3.63, 3.8) is 0 Å². The first-order valence-corrected chi connectivity index (χ1v) is 8.19. The first-order chi connectivity index (χ1) is 9.51. The Bertz CT molecular complexity index is 658. The minimum atomic E-state index is -1.11. The lowest BCUT2D eigenvalue weighted by molar-refractivity contribution is 0.412. The average Bonchev–Trinajstić information content (AvgIpc) is 2.41. The zero-order valence-electron chi connectivity index (χ0n) is 11.4. The molecular formula is C15H16BrNO2S.